The number of piperazine rings is 1. The number of benzene rings is 2. The number of sulfonamides is 1. The van der Waals surface area contributed by atoms with Crippen LogP contribution in [-0.4, -0.2) is 50.9 Å². The standard InChI is InChI=1S/C23H23F3N6O3S/c24-23(25,26)35-16-3-5-17(6-4-16)36(33,34)31-15-2-8-18-14(13-15)1-7-19-20(18)29-22(27)30-21(19)32-11-9-28-10-12-32/h2-6,8,13,28,31H,1,7,9-12H2,(H2,27,29,30). The van der Waals surface area contributed by atoms with Crippen LogP contribution >= 0.6 is 0 Å². The van der Waals surface area contributed by atoms with Crippen molar-refractivity contribution in [3.8, 4) is 17.0 Å². The zero-order chi connectivity index (χ0) is 25.5. The molecule has 190 valence electrons. The van der Waals surface area contributed by atoms with E-state index in [9.17, 15) is 21.6 Å². The molecule has 2 aliphatic rings. The Hall–Kier alpha value is -3.58. The van der Waals surface area contributed by atoms with Crippen molar-refractivity contribution in [2.24, 2.45) is 0 Å². The van der Waals surface area contributed by atoms with Crippen LogP contribution in [0.2, 0.25) is 0 Å². The van der Waals surface area contributed by atoms with E-state index < -0.39 is 22.1 Å². The second kappa shape index (κ2) is 9.13. The lowest BCUT2D eigenvalue weighted by Crippen LogP contribution is -2.44. The van der Waals surface area contributed by atoms with Gasteiger partial charge in [0.15, 0.2) is 0 Å². The average Bonchev–Trinajstić information content (AvgIpc) is 2.83. The summed E-state index contributed by atoms with van der Waals surface area (Å²) >= 11 is 0. The van der Waals surface area contributed by atoms with Gasteiger partial charge in [0.1, 0.15) is 11.6 Å². The molecule has 1 aliphatic carbocycles. The van der Waals surface area contributed by atoms with Gasteiger partial charge in [-0.05, 0) is 54.8 Å². The molecule has 36 heavy (non-hydrogen) atoms. The maximum Gasteiger partial charge on any atom is 0.573 e. The first-order valence-corrected chi connectivity index (χ1v) is 12.7. The predicted octanol–water partition coefficient (Wildman–Crippen LogP) is 2.93. The van der Waals surface area contributed by atoms with Gasteiger partial charge in [-0.15, -0.1) is 13.2 Å². The van der Waals surface area contributed by atoms with E-state index in [1.54, 1.807) is 18.2 Å². The number of nitrogens with zero attached hydrogens (tertiary/aromatic N) is 3. The van der Waals surface area contributed by atoms with Crippen LogP contribution in [0.15, 0.2) is 47.4 Å². The van der Waals surface area contributed by atoms with E-state index >= 15 is 0 Å². The number of aromatic nitrogens is 2. The van der Waals surface area contributed by atoms with Crippen molar-refractivity contribution in [2.45, 2.75) is 24.1 Å². The third-order valence-corrected chi connectivity index (χ3v) is 7.44. The van der Waals surface area contributed by atoms with Crippen LogP contribution in [0.25, 0.3) is 11.3 Å². The van der Waals surface area contributed by atoms with Crippen LogP contribution < -0.4 is 25.4 Å². The fourth-order valence-corrected chi connectivity index (χ4v) is 5.52. The molecule has 1 saturated heterocycles. The van der Waals surface area contributed by atoms with Gasteiger partial charge in [-0.3, -0.25) is 4.72 Å². The third kappa shape index (κ3) is 5.02. The second-order valence-corrected chi connectivity index (χ2v) is 10.1. The topological polar surface area (TPSA) is 122 Å². The van der Waals surface area contributed by atoms with Crippen molar-refractivity contribution in [3.05, 3.63) is 53.6 Å². The summed E-state index contributed by atoms with van der Waals surface area (Å²) in [6.07, 6.45) is -3.52. The number of nitrogen functional groups attached to an aromatic ring is 1. The molecule has 0 radical (unpaired) electrons. The Morgan fingerprint density at radius 3 is 2.44 bits per heavy atom. The van der Waals surface area contributed by atoms with E-state index in [-0.39, 0.29) is 10.8 Å². The number of alkyl halides is 3. The highest BCUT2D eigenvalue weighted by Gasteiger charge is 2.31. The molecular formula is C23H23F3N6O3S. The number of hydrogen-bond donors (Lipinski definition) is 3. The van der Waals surface area contributed by atoms with Gasteiger partial charge in [0.2, 0.25) is 5.95 Å². The Kier molecular flexibility index (Phi) is 6.12. The van der Waals surface area contributed by atoms with Gasteiger partial charge < -0.3 is 20.7 Å². The summed E-state index contributed by atoms with van der Waals surface area (Å²) in [4.78, 5) is 11.0. The number of nitrogens with two attached hydrogens (primary N) is 1. The van der Waals surface area contributed by atoms with Crippen LogP contribution in [0, 0.1) is 0 Å². The number of rotatable bonds is 5. The normalized spacial score (nSPS) is 15.7. The van der Waals surface area contributed by atoms with Gasteiger partial charge in [0.05, 0.1) is 10.6 Å². The van der Waals surface area contributed by atoms with E-state index in [4.69, 9.17) is 5.73 Å². The van der Waals surface area contributed by atoms with Crippen molar-refractivity contribution in [1.29, 1.82) is 0 Å². The number of halogens is 3. The third-order valence-electron chi connectivity index (χ3n) is 6.04. The van der Waals surface area contributed by atoms with Crippen molar-refractivity contribution in [3.63, 3.8) is 0 Å². The van der Waals surface area contributed by atoms with E-state index in [2.05, 4.69) is 29.6 Å². The fourth-order valence-electron chi connectivity index (χ4n) is 4.47. The second-order valence-electron chi connectivity index (χ2n) is 8.47. The van der Waals surface area contributed by atoms with Gasteiger partial charge in [0, 0.05) is 43.0 Å². The van der Waals surface area contributed by atoms with Crippen molar-refractivity contribution in [1.82, 2.24) is 15.3 Å². The van der Waals surface area contributed by atoms with Gasteiger partial charge >= 0.3 is 6.36 Å². The molecule has 0 spiro atoms. The summed E-state index contributed by atoms with van der Waals surface area (Å²) in [7, 11) is -4.03. The highest BCUT2D eigenvalue weighted by molar-refractivity contribution is 7.92. The zero-order valence-corrected chi connectivity index (χ0v) is 19.8. The highest BCUT2D eigenvalue weighted by Crippen LogP contribution is 2.38. The molecule has 4 N–H and O–H groups in total. The molecular weight excluding hydrogens is 497 g/mol. The molecule has 0 unspecified atom stereocenters. The lowest BCUT2D eigenvalue weighted by molar-refractivity contribution is -0.274. The minimum Gasteiger partial charge on any atom is -0.406 e. The Bertz CT molecular complexity index is 1390. The Morgan fingerprint density at radius 2 is 1.75 bits per heavy atom. The Balaban J connectivity index is 1.40. The van der Waals surface area contributed by atoms with E-state index in [1.807, 2.05) is 0 Å². The van der Waals surface area contributed by atoms with Crippen molar-refractivity contribution in [2.75, 3.05) is 41.5 Å². The largest absolute Gasteiger partial charge is 0.573 e. The molecule has 0 amide bonds. The Morgan fingerprint density at radius 1 is 1.03 bits per heavy atom. The molecule has 3 aromatic rings. The van der Waals surface area contributed by atoms with E-state index in [0.717, 1.165) is 78.6 Å². The summed E-state index contributed by atoms with van der Waals surface area (Å²) < 4.78 is 69.0. The number of anilines is 3. The molecule has 1 fully saturated rings. The predicted molar refractivity (Wildman–Crippen MR) is 128 cm³/mol. The van der Waals surface area contributed by atoms with E-state index in [0.29, 0.717) is 18.5 Å². The number of ether oxygens (including phenoxy) is 1. The molecule has 5 rings (SSSR count). The smallest absolute Gasteiger partial charge is 0.406 e. The van der Waals surface area contributed by atoms with Gasteiger partial charge in [0.25, 0.3) is 10.0 Å². The maximum absolute atomic E-state index is 12.8. The molecule has 9 nitrogen and oxygen atoms in total. The summed E-state index contributed by atoms with van der Waals surface area (Å²) in [6.45, 7) is 3.35. The van der Waals surface area contributed by atoms with E-state index in [1.165, 1.54) is 0 Å². The first-order chi connectivity index (χ1) is 17.1. The minimum atomic E-state index is -4.86. The van der Waals surface area contributed by atoms with Crippen LogP contribution in [0.1, 0.15) is 11.1 Å². The maximum atomic E-state index is 12.8. The first-order valence-electron chi connectivity index (χ1n) is 11.2. The van der Waals surface area contributed by atoms with Crippen LogP contribution in [0.5, 0.6) is 5.75 Å². The van der Waals surface area contributed by atoms with Crippen molar-refractivity contribution < 1.29 is 26.3 Å². The molecule has 1 aromatic heterocycles. The molecule has 0 atom stereocenters. The zero-order valence-electron chi connectivity index (χ0n) is 19.0. The van der Waals surface area contributed by atoms with Crippen LogP contribution in [-0.2, 0) is 22.9 Å². The lowest BCUT2D eigenvalue weighted by atomic mass is 9.88. The summed E-state index contributed by atoms with van der Waals surface area (Å²) in [5.41, 5.74) is 9.90. The molecule has 0 bridgehead atoms. The van der Waals surface area contributed by atoms with Gasteiger partial charge in [-0.2, -0.15) is 4.98 Å². The number of nitrogens with one attached hydrogen (secondary N) is 2. The lowest BCUT2D eigenvalue weighted by Gasteiger charge is -2.32. The Labute approximate surface area is 205 Å². The minimum absolute atomic E-state index is 0.179. The molecule has 1 aliphatic heterocycles. The molecule has 13 heteroatoms. The number of aryl methyl sites for hydroxylation is 1. The molecule has 2 heterocycles. The highest BCUT2D eigenvalue weighted by atomic mass is 32.2. The average molecular weight is 521 g/mol. The number of fused-ring (bicyclic) bond motifs is 3. The monoisotopic (exact) mass is 520 g/mol. The van der Waals surface area contributed by atoms with Crippen molar-refractivity contribution >= 4 is 27.5 Å². The summed E-state index contributed by atoms with van der Waals surface area (Å²) in [5.74, 6) is 0.514. The van der Waals surface area contributed by atoms with Gasteiger partial charge in [-0.1, -0.05) is 6.07 Å². The van der Waals surface area contributed by atoms with Gasteiger partial charge in [-0.25, -0.2) is 13.4 Å². The summed E-state index contributed by atoms with van der Waals surface area (Å²) in [6, 6.07) is 9.15. The SMILES string of the molecule is Nc1nc2c(c(N3CCNCC3)n1)CCc1cc(NS(=O)(=O)c3ccc(OC(F)(F)F)cc3)ccc1-2. The first kappa shape index (κ1) is 24.1. The van der Waals surface area contributed by atoms with Crippen LogP contribution in [0.4, 0.5) is 30.6 Å². The fraction of sp³-hybridized carbons (Fsp3) is 0.304. The molecule has 0 saturated carbocycles. The number of hydrogen-bond acceptors (Lipinski definition) is 8. The quantitative estimate of drug-likeness (QED) is 0.470. The van der Waals surface area contributed by atoms with Crippen LogP contribution in [0.3, 0.4) is 0 Å². The molecule has 2 aromatic carbocycles. The summed E-state index contributed by atoms with van der Waals surface area (Å²) in [5, 5.41) is 3.32.